The van der Waals surface area contributed by atoms with E-state index in [4.69, 9.17) is 0 Å². The van der Waals surface area contributed by atoms with E-state index in [0.717, 1.165) is 0 Å². The summed E-state index contributed by atoms with van der Waals surface area (Å²) in [6, 6.07) is 0. The summed E-state index contributed by atoms with van der Waals surface area (Å²) in [5, 5.41) is 0. The third kappa shape index (κ3) is 12.2. The lowest BCUT2D eigenvalue weighted by Crippen LogP contribution is -1.70. The topological polar surface area (TPSA) is 0 Å². The lowest BCUT2D eigenvalue weighted by molar-refractivity contribution is 1.11. The van der Waals surface area contributed by atoms with Gasteiger partial charge in [-0.3, -0.25) is 0 Å². The largest absolute Gasteiger partial charge is 0.147 e. The molecule has 0 fully saturated rings. The number of halogens is 1. The summed E-state index contributed by atoms with van der Waals surface area (Å²) in [6.07, 6.45) is 2.61. The van der Waals surface area contributed by atoms with Crippen molar-refractivity contribution in [1.82, 2.24) is 0 Å². The minimum absolute atomic E-state index is 0. The standard InChI is InChI=1S/C6H14S2.ClH/c1-3-5-7-8-6-4-2;/h3-6H2,1-2H3;1H. The van der Waals surface area contributed by atoms with Crippen molar-refractivity contribution in [2.75, 3.05) is 11.5 Å². The first-order chi connectivity index (χ1) is 3.91. The molecule has 0 aromatic heterocycles. The Morgan fingerprint density at radius 3 is 1.44 bits per heavy atom. The van der Waals surface area contributed by atoms with Gasteiger partial charge in [-0.05, 0) is 12.8 Å². The van der Waals surface area contributed by atoms with Crippen molar-refractivity contribution in [3.63, 3.8) is 0 Å². The average molecular weight is 187 g/mol. The summed E-state index contributed by atoms with van der Waals surface area (Å²) >= 11 is 0. The lowest BCUT2D eigenvalue weighted by atomic mass is 10.6. The monoisotopic (exact) mass is 186 g/mol. The van der Waals surface area contributed by atoms with Crippen molar-refractivity contribution in [1.29, 1.82) is 0 Å². The molecular weight excluding hydrogens is 172 g/mol. The van der Waals surface area contributed by atoms with Crippen LogP contribution in [0.4, 0.5) is 0 Å². The molecule has 0 amide bonds. The molecule has 0 heterocycles. The second-order valence-electron chi connectivity index (χ2n) is 1.64. The zero-order valence-electron chi connectivity index (χ0n) is 6.05. The van der Waals surface area contributed by atoms with Crippen LogP contribution in [0.5, 0.6) is 0 Å². The van der Waals surface area contributed by atoms with E-state index >= 15 is 0 Å². The lowest BCUT2D eigenvalue weighted by Gasteiger charge is -1.93. The van der Waals surface area contributed by atoms with Crippen LogP contribution in [0.15, 0.2) is 0 Å². The van der Waals surface area contributed by atoms with Gasteiger partial charge in [-0.2, -0.15) is 0 Å². The van der Waals surface area contributed by atoms with E-state index in [1.807, 2.05) is 21.6 Å². The Labute approximate surface area is 72.4 Å². The van der Waals surface area contributed by atoms with Crippen molar-refractivity contribution < 1.29 is 0 Å². The molecule has 0 atom stereocenters. The number of rotatable bonds is 5. The first-order valence-electron chi connectivity index (χ1n) is 3.16. The van der Waals surface area contributed by atoms with E-state index in [2.05, 4.69) is 13.8 Å². The molecule has 58 valence electrons. The molecule has 0 saturated heterocycles. The third-order valence-electron chi connectivity index (χ3n) is 0.658. The van der Waals surface area contributed by atoms with Gasteiger partial charge in [0, 0.05) is 11.5 Å². The van der Waals surface area contributed by atoms with Gasteiger partial charge in [0.15, 0.2) is 0 Å². The fourth-order valence-corrected chi connectivity index (χ4v) is 2.56. The van der Waals surface area contributed by atoms with Crippen LogP contribution in [0.25, 0.3) is 0 Å². The minimum Gasteiger partial charge on any atom is -0.147 e. The first kappa shape index (κ1) is 12.6. The Morgan fingerprint density at radius 2 is 1.22 bits per heavy atom. The van der Waals surface area contributed by atoms with Crippen LogP contribution in [-0.2, 0) is 0 Å². The zero-order chi connectivity index (χ0) is 6.24. The summed E-state index contributed by atoms with van der Waals surface area (Å²) in [5.74, 6) is 2.62. The van der Waals surface area contributed by atoms with Gasteiger partial charge >= 0.3 is 0 Å². The maximum absolute atomic E-state index is 2.22. The van der Waals surface area contributed by atoms with Crippen LogP contribution in [0.1, 0.15) is 26.7 Å². The number of hydrogen-bond donors (Lipinski definition) is 0. The molecule has 0 aliphatic rings. The quantitative estimate of drug-likeness (QED) is 0.476. The molecule has 0 nitrogen and oxygen atoms in total. The molecule has 0 spiro atoms. The first-order valence-corrected chi connectivity index (χ1v) is 5.65. The molecule has 0 saturated carbocycles. The summed E-state index contributed by atoms with van der Waals surface area (Å²) < 4.78 is 0. The summed E-state index contributed by atoms with van der Waals surface area (Å²) in [6.45, 7) is 4.44. The second-order valence-corrected chi connectivity index (χ2v) is 4.35. The minimum atomic E-state index is 0. The van der Waals surface area contributed by atoms with Crippen molar-refractivity contribution >= 4 is 34.0 Å². The van der Waals surface area contributed by atoms with Gasteiger partial charge < -0.3 is 0 Å². The van der Waals surface area contributed by atoms with Crippen LogP contribution >= 0.6 is 34.0 Å². The average Bonchev–Trinajstić information content (AvgIpc) is 1.81. The van der Waals surface area contributed by atoms with E-state index in [-0.39, 0.29) is 12.4 Å². The molecule has 0 N–H and O–H groups in total. The van der Waals surface area contributed by atoms with Gasteiger partial charge in [0.05, 0.1) is 0 Å². The normalized spacial score (nSPS) is 8.67. The third-order valence-corrected chi connectivity index (χ3v) is 3.47. The molecule has 0 aliphatic heterocycles. The number of hydrogen-bond acceptors (Lipinski definition) is 2. The highest BCUT2D eigenvalue weighted by Gasteiger charge is 1.83. The van der Waals surface area contributed by atoms with Crippen LogP contribution in [-0.4, -0.2) is 11.5 Å². The smallest absolute Gasteiger partial charge is 0.00343 e. The fraction of sp³-hybridized carbons (Fsp3) is 1.00. The van der Waals surface area contributed by atoms with E-state index in [1.54, 1.807) is 0 Å². The van der Waals surface area contributed by atoms with Crippen molar-refractivity contribution in [2.45, 2.75) is 26.7 Å². The van der Waals surface area contributed by atoms with Crippen LogP contribution < -0.4 is 0 Å². The van der Waals surface area contributed by atoms with E-state index in [9.17, 15) is 0 Å². The predicted molar refractivity (Wildman–Crippen MR) is 52.7 cm³/mol. The van der Waals surface area contributed by atoms with Gasteiger partial charge in [0.2, 0.25) is 0 Å². The van der Waals surface area contributed by atoms with Crippen molar-refractivity contribution in [2.24, 2.45) is 0 Å². The highest BCUT2D eigenvalue weighted by molar-refractivity contribution is 8.76. The highest BCUT2D eigenvalue weighted by atomic mass is 35.5. The molecule has 0 aromatic carbocycles. The summed E-state index contributed by atoms with van der Waals surface area (Å²) in [7, 11) is 3.99. The molecule has 0 aliphatic carbocycles. The SMILES string of the molecule is CCCSSCCC.Cl. The molecule has 0 radical (unpaired) electrons. The fourth-order valence-electron chi connectivity index (χ4n) is 0.285. The van der Waals surface area contributed by atoms with E-state index in [1.165, 1.54) is 24.3 Å². The van der Waals surface area contributed by atoms with E-state index in [0.29, 0.717) is 0 Å². The zero-order valence-corrected chi connectivity index (χ0v) is 8.50. The Kier molecular flexibility index (Phi) is 16.5. The second kappa shape index (κ2) is 11.7. The van der Waals surface area contributed by atoms with Gasteiger partial charge in [0.25, 0.3) is 0 Å². The van der Waals surface area contributed by atoms with Crippen molar-refractivity contribution in [3.8, 4) is 0 Å². The van der Waals surface area contributed by atoms with Gasteiger partial charge in [-0.25, -0.2) is 0 Å². The maximum Gasteiger partial charge on any atom is 0.00343 e. The Morgan fingerprint density at radius 1 is 0.889 bits per heavy atom. The Hall–Kier alpha value is 0.990. The molecule has 0 bridgehead atoms. The van der Waals surface area contributed by atoms with Crippen LogP contribution in [0.3, 0.4) is 0 Å². The van der Waals surface area contributed by atoms with E-state index < -0.39 is 0 Å². The predicted octanol–water partition coefficient (Wildman–Crippen LogP) is 3.61. The summed E-state index contributed by atoms with van der Waals surface area (Å²) in [4.78, 5) is 0. The molecule has 0 aromatic rings. The molecule has 3 heteroatoms. The molecule has 0 rings (SSSR count). The maximum atomic E-state index is 2.22. The van der Waals surface area contributed by atoms with Crippen LogP contribution in [0.2, 0.25) is 0 Å². The molecule has 9 heavy (non-hydrogen) atoms. The van der Waals surface area contributed by atoms with Gasteiger partial charge in [0.1, 0.15) is 0 Å². The van der Waals surface area contributed by atoms with Crippen LogP contribution in [0, 0.1) is 0 Å². The van der Waals surface area contributed by atoms with Gasteiger partial charge in [-0.15, -0.1) is 12.4 Å². The molecular formula is C6H15ClS2. The highest BCUT2D eigenvalue weighted by Crippen LogP contribution is 2.21. The Bertz CT molecular complexity index is 36.0. The summed E-state index contributed by atoms with van der Waals surface area (Å²) in [5.41, 5.74) is 0. The molecule has 0 unspecified atom stereocenters. The van der Waals surface area contributed by atoms with Gasteiger partial charge in [-0.1, -0.05) is 35.4 Å². The van der Waals surface area contributed by atoms with Crippen molar-refractivity contribution in [3.05, 3.63) is 0 Å². The Balaban J connectivity index is 0.